The van der Waals surface area contributed by atoms with Gasteiger partial charge >= 0.3 is 0 Å². The van der Waals surface area contributed by atoms with Crippen LogP contribution in [0, 0.1) is 11.3 Å². The van der Waals surface area contributed by atoms with Crippen LogP contribution in [0.4, 0.5) is 0 Å². The molecule has 0 radical (unpaired) electrons. The van der Waals surface area contributed by atoms with Crippen LogP contribution in [0.25, 0.3) is 0 Å². The fraction of sp³-hybridized carbons (Fsp3) is 0.125. The predicted molar refractivity (Wildman–Crippen MR) is 57.1 cm³/mol. The standard InChI is InChI=1S/C8H6Cl2N2O2S/c9-8-2-6(15(10,13)14)1-5(3-11)7(8)4-12/h1-2H,4,12H2. The Hall–Kier alpha value is -0.800. The molecular formula is C8H6Cl2N2O2S. The summed E-state index contributed by atoms with van der Waals surface area (Å²) in [6.45, 7) is 0.0599. The first-order valence-corrected chi connectivity index (χ1v) is 6.46. The lowest BCUT2D eigenvalue weighted by atomic mass is 10.1. The molecule has 0 bridgehead atoms. The molecule has 0 heterocycles. The van der Waals surface area contributed by atoms with E-state index in [2.05, 4.69) is 0 Å². The molecule has 0 saturated heterocycles. The molecule has 0 aliphatic rings. The molecule has 0 saturated carbocycles. The van der Waals surface area contributed by atoms with E-state index in [1.54, 1.807) is 0 Å². The second-order valence-electron chi connectivity index (χ2n) is 2.68. The van der Waals surface area contributed by atoms with Gasteiger partial charge in [0.15, 0.2) is 0 Å². The highest BCUT2D eigenvalue weighted by atomic mass is 35.7. The molecule has 0 aliphatic heterocycles. The highest BCUT2D eigenvalue weighted by Gasteiger charge is 2.15. The van der Waals surface area contributed by atoms with Crippen molar-refractivity contribution in [1.82, 2.24) is 0 Å². The molecule has 0 unspecified atom stereocenters. The maximum absolute atomic E-state index is 11.0. The molecule has 0 atom stereocenters. The molecule has 0 amide bonds. The zero-order chi connectivity index (χ0) is 11.6. The monoisotopic (exact) mass is 264 g/mol. The Balaban J connectivity index is 3.55. The van der Waals surface area contributed by atoms with E-state index in [0.717, 1.165) is 6.07 Å². The van der Waals surface area contributed by atoms with Crippen molar-refractivity contribution in [3.8, 4) is 6.07 Å². The summed E-state index contributed by atoms with van der Waals surface area (Å²) < 4.78 is 22.0. The minimum Gasteiger partial charge on any atom is -0.326 e. The Morgan fingerprint density at radius 3 is 2.47 bits per heavy atom. The molecule has 1 aromatic carbocycles. The van der Waals surface area contributed by atoms with Gasteiger partial charge in [0.05, 0.1) is 16.5 Å². The Labute approximate surface area is 96.6 Å². The molecule has 15 heavy (non-hydrogen) atoms. The maximum atomic E-state index is 11.0. The zero-order valence-corrected chi connectivity index (χ0v) is 9.70. The SMILES string of the molecule is N#Cc1cc(S(=O)(=O)Cl)cc(Cl)c1CN. The van der Waals surface area contributed by atoms with E-state index in [0.29, 0.717) is 5.56 Å². The summed E-state index contributed by atoms with van der Waals surface area (Å²) in [4.78, 5) is -0.206. The third-order valence-corrected chi connectivity index (χ3v) is 3.45. The molecule has 1 rings (SSSR count). The van der Waals surface area contributed by atoms with Crippen molar-refractivity contribution in [3.05, 3.63) is 28.3 Å². The van der Waals surface area contributed by atoms with Crippen LogP contribution < -0.4 is 5.73 Å². The fourth-order valence-corrected chi connectivity index (χ4v) is 2.21. The summed E-state index contributed by atoms with van der Waals surface area (Å²) in [6, 6.07) is 4.14. The molecule has 7 heteroatoms. The average Bonchev–Trinajstić information content (AvgIpc) is 2.15. The van der Waals surface area contributed by atoms with Crippen LogP contribution in [0.1, 0.15) is 11.1 Å². The van der Waals surface area contributed by atoms with E-state index in [4.69, 9.17) is 33.3 Å². The Morgan fingerprint density at radius 1 is 1.47 bits per heavy atom. The highest BCUT2D eigenvalue weighted by Crippen LogP contribution is 2.26. The van der Waals surface area contributed by atoms with Crippen molar-refractivity contribution >= 4 is 31.3 Å². The fourth-order valence-electron chi connectivity index (χ4n) is 1.06. The van der Waals surface area contributed by atoms with Gasteiger partial charge in [-0.15, -0.1) is 0 Å². The second-order valence-corrected chi connectivity index (χ2v) is 5.66. The van der Waals surface area contributed by atoms with Crippen molar-refractivity contribution in [2.75, 3.05) is 0 Å². The Kier molecular flexibility index (Phi) is 3.58. The van der Waals surface area contributed by atoms with Gasteiger partial charge in [-0.3, -0.25) is 0 Å². The van der Waals surface area contributed by atoms with Gasteiger partial charge in [-0.25, -0.2) is 8.42 Å². The average molecular weight is 265 g/mol. The van der Waals surface area contributed by atoms with E-state index in [9.17, 15) is 8.42 Å². The highest BCUT2D eigenvalue weighted by molar-refractivity contribution is 8.13. The summed E-state index contributed by atoms with van der Waals surface area (Å²) in [6.07, 6.45) is 0. The molecule has 0 spiro atoms. The number of nitrogens with zero attached hydrogens (tertiary/aromatic N) is 1. The molecule has 4 nitrogen and oxygen atoms in total. The summed E-state index contributed by atoms with van der Waals surface area (Å²) in [5, 5.41) is 8.88. The smallest absolute Gasteiger partial charge is 0.261 e. The lowest BCUT2D eigenvalue weighted by Crippen LogP contribution is -2.02. The summed E-state index contributed by atoms with van der Waals surface area (Å²) in [5.41, 5.74) is 5.89. The summed E-state index contributed by atoms with van der Waals surface area (Å²) in [7, 11) is 1.24. The van der Waals surface area contributed by atoms with Gasteiger partial charge in [-0.1, -0.05) is 11.6 Å². The van der Waals surface area contributed by atoms with E-state index >= 15 is 0 Å². The Bertz CT molecular complexity index is 534. The molecule has 2 N–H and O–H groups in total. The third kappa shape index (κ3) is 2.61. The zero-order valence-electron chi connectivity index (χ0n) is 7.37. The van der Waals surface area contributed by atoms with Crippen LogP contribution in [0.15, 0.2) is 17.0 Å². The molecule has 0 aromatic heterocycles. The second kappa shape index (κ2) is 4.37. The molecule has 0 fully saturated rings. The van der Waals surface area contributed by atoms with Crippen LogP contribution in [-0.4, -0.2) is 8.42 Å². The normalized spacial score (nSPS) is 11.1. The van der Waals surface area contributed by atoms with Crippen molar-refractivity contribution in [2.45, 2.75) is 11.4 Å². The number of hydrogen-bond acceptors (Lipinski definition) is 4. The van der Waals surface area contributed by atoms with Crippen molar-refractivity contribution in [1.29, 1.82) is 5.26 Å². The van der Waals surface area contributed by atoms with Gasteiger partial charge < -0.3 is 5.73 Å². The van der Waals surface area contributed by atoms with Gasteiger partial charge in [0.2, 0.25) is 0 Å². The first kappa shape index (κ1) is 12.3. The van der Waals surface area contributed by atoms with Gasteiger partial charge in [0.1, 0.15) is 0 Å². The number of nitriles is 1. The number of hydrogen-bond donors (Lipinski definition) is 1. The van der Waals surface area contributed by atoms with E-state index in [-0.39, 0.29) is 22.0 Å². The number of rotatable bonds is 2. The molecule has 80 valence electrons. The van der Waals surface area contributed by atoms with Crippen LogP contribution in [0.2, 0.25) is 5.02 Å². The lowest BCUT2D eigenvalue weighted by Gasteiger charge is -2.05. The van der Waals surface area contributed by atoms with Gasteiger partial charge in [-0.05, 0) is 12.1 Å². The minimum atomic E-state index is -3.89. The molecule has 1 aromatic rings. The van der Waals surface area contributed by atoms with Gasteiger partial charge in [-0.2, -0.15) is 5.26 Å². The van der Waals surface area contributed by atoms with E-state index < -0.39 is 9.05 Å². The van der Waals surface area contributed by atoms with E-state index in [1.165, 1.54) is 6.07 Å². The first-order valence-electron chi connectivity index (χ1n) is 3.77. The van der Waals surface area contributed by atoms with Crippen LogP contribution in [0.3, 0.4) is 0 Å². The van der Waals surface area contributed by atoms with Crippen LogP contribution >= 0.6 is 22.3 Å². The maximum Gasteiger partial charge on any atom is 0.261 e. The number of halogens is 2. The predicted octanol–water partition coefficient (Wildman–Crippen LogP) is 1.60. The largest absolute Gasteiger partial charge is 0.326 e. The van der Waals surface area contributed by atoms with Crippen molar-refractivity contribution in [3.63, 3.8) is 0 Å². The topological polar surface area (TPSA) is 84.0 Å². The summed E-state index contributed by atoms with van der Waals surface area (Å²) in [5.74, 6) is 0. The van der Waals surface area contributed by atoms with Gasteiger partial charge in [0, 0.05) is 27.8 Å². The lowest BCUT2D eigenvalue weighted by molar-refractivity contribution is 0.609. The van der Waals surface area contributed by atoms with Gasteiger partial charge in [0.25, 0.3) is 9.05 Å². The van der Waals surface area contributed by atoms with E-state index in [1.807, 2.05) is 6.07 Å². The summed E-state index contributed by atoms with van der Waals surface area (Å²) >= 11 is 5.77. The number of benzene rings is 1. The van der Waals surface area contributed by atoms with Crippen molar-refractivity contribution < 1.29 is 8.42 Å². The minimum absolute atomic E-state index is 0.0599. The Morgan fingerprint density at radius 2 is 2.07 bits per heavy atom. The number of nitrogens with two attached hydrogens (primary N) is 1. The quantitative estimate of drug-likeness (QED) is 0.823. The molecular weight excluding hydrogens is 259 g/mol. The first-order chi connectivity index (χ1) is 6.90. The third-order valence-electron chi connectivity index (χ3n) is 1.78. The van der Waals surface area contributed by atoms with Crippen molar-refractivity contribution in [2.24, 2.45) is 5.73 Å². The molecule has 0 aliphatic carbocycles. The van der Waals surface area contributed by atoms with Crippen LogP contribution in [-0.2, 0) is 15.6 Å². The van der Waals surface area contributed by atoms with Crippen LogP contribution in [0.5, 0.6) is 0 Å².